The zero-order chi connectivity index (χ0) is 20.6. The molecule has 2 aromatic heterocycles. The molecule has 0 aromatic carbocycles. The molecule has 1 saturated carbocycles. The highest BCUT2D eigenvalue weighted by molar-refractivity contribution is 5.92. The van der Waals surface area contributed by atoms with Crippen molar-refractivity contribution in [2.45, 2.75) is 63.2 Å². The fraction of sp³-hybridized carbons (Fsp3) is 0.652. The van der Waals surface area contributed by atoms with Gasteiger partial charge in [-0.2, -0.15) is 4.98 Å². The summed E-state index contributed by atoms with van der Waals surface area (Å²) in [5, 5.41) is 4.47. The normalized spacial score (nSPS) is 22.2. The number of amides is 1. The van der Waals surface area contributed by atoms with Gasteiger partial charge in [0.15, 0.2) is 5.82 Å². The molecule has 2 aliphatic heterocycles. The van der Waals surface area contributed by atoms with Gasteiger partial charge in [0.2, 0.25) is 5.89 Å². The van der Waals surface area contributed by atoms with E-state index >= 15 is 0 Å². The van der Waals surface area contributed by atoms with Crippen LogP contribution in [0.5, 0.6) is 0 Å². The minimum atomic E-state index is -0.0785. The van der Waals surface area contributed by atoms with E-state index in [4.69, 9.17) is 14.2 Å². The monoisotopic (exact) mass is 410 g/mol. The van der Waals surface area contributed by atoms with Crippen LogP contribution in [0.25, 0.3) is 0 Å². The van der Waals surface area contributed by atoms with Gasteiger partial charge in [0.25, 0.3) is 5.91 Å². The Morgan fingerprint density at radius 3 is 2.60 bits per heavy atom. The molecule has 0 spiro atoms. The second-order valence-corrected chi connectivity index (χ2v) is 9.23. The number of likely N-dealkylation sites (tertiary alicyclic amines) is 1. The van der Waals surface area contributed by atoms with Crippen molar-refractivity contribution in [3.63, 3.8) is 0 Å². The van der Waals surface area contributed by atoms with Gasteiger partial charge in [-0.05, 0) is 57.1 Å². The smallest absolute Gasteiger partial charge is 0.272 e. The summed E-state index contributed by atoms with van der Waals surface area (Å²) in [5.74, 6) is 2.72. The van der Waals surface area contributed by atoms with E-state index in [0.717, 1.165) is 68.6 Å². The van der Waals surface area contributed by atoms with Crippen LogP contribution in [0.2, 0.25) is 0 Å². The second-order valence-electron chi connectivity index (χ2n) is 9.23. The van der Waals surface area contributed by atoms with E-state index in [1.165, 1.54) is 12.8 Å². The number of pyridine rings is 1. The first-order valence-electron chi connectivity index (χ1n) is 11.3. The molecule has 1 amide bonds. The van der Waals surface area contributed by atoms with Crippen molar-refractivity contribution in [3.8, 4) is 0 Å². The summed E-state index contributed by atoms with van der Waals surface area (Å²) in [6.07, 6.45) is 7.35. The number of carbonyl (C=O) groups excluding carboxylic acids is 1. The van der Waals surface area contributed by atoms with Crippen LogP contribution < -0.4 is 0 Å². The van der Waals surface area contributed by atoms with E-state index < -0.39 is 0 Å². The van der Waals surface area contributed by atoms with Gasteiger partial charge in [0.1, 0.15) is 5.69 Å². The zero-order valence-corrected chi connectivity index (χ0v) is 17.7. The number of hydrogen-bond acceptors (Lipinski definition) is 6. The van der Waals surface area contributed by atoms with Crippen molar-refractivity contribution >= 4 is 5.91 Å². The van der Waals surface area contributed by atoms with Crippen molar-refractivity contribution in [2.75, 3.05) is 26.3 Å². The standard InChI is InChI=1S/C23H30N4O3/c1-16-3-2-4-19(24-16)21(28)27-11-9-23(10-12-27,15-17-5-6-17)22-25-20(30-26-22)18-7-13-29-14-8-18/h2-4,17-18H,5-15H2,1H3. The molecular weight excluding hydrogens is 380 g/mol. The molecule has 2 saturated heterocycles. The van der Waals surface area contributed by atoms with Gasteiger partial charge in [-0.1, -0.05) is 24.1 Å². The first-order valence-corrected chi connectivity index (χ1v) is 11.3. The highest BCUT2D eigenvalue weighted by atomic mass is 16.5. The number of aromatic nitrogens is 3. The maximum Gasteiger partial charge on any atom is 0.272 e. The van der Waals surface area contributed by atoms with Crippen molar-refractivity contribution < 1.29 is 14.1 Å². The number of aryl methyl sites for hydroxylation is 1. The number of ether oxygens (including phenoxy) is 1. The highest BCUT2D eigenvalue weighted by Gasteiger charge is 2.45. The molecule has 0 N–H and O–H groups in total. The highest BCUT2D eigenvalue weighted by Crippen LogP contribution is 2.47. The molecule has 1 aliphatic carbocycles. The van der Waals surface area contributed by atoms with Crippen LogP contribution in [0.1, 0.15) is 78.8 Å². The van der Waals surface area contributed by atoms with Gasteiger partial charge >= 0.3 is 0 Å². The number of rotatable bonds is 5. The Bertz CT molecular complexity index is 893. The van der Waals surface area contributed by atoms with Crippen molar-refractivity contribution in [1.82, 2.24) is 20.0 Å². The van der Waals surface area contributed by atoms with Crippen molar-refractivity contribution in [1.29, 1.82) is 0 Å². The Morgan fingerprint density at radius 1 is 1.13 bits per heavy atom. The summed E-state index contributed by atoms with van der Waals surface area (Å²) in [4.78, 5) is 24.2. The summed E-state index contributed by atoms with van der Waals surface area (Å²) < 4.78 is 11.2. The van der Waals surface area contributed by atoms with Crippen molar-refractivity contribution in [2.24, 2.45) is 5.92 Å². The van der Waals surface area contributed by atoms with Crippen LogP contribution >= 0.6 is 0 Å². The average Bonchev–Trinajstić information content (AvgIpc) is 3.44. The lowest BCUT2D eigenvalue weighted by atomic mass is 9.73. The van der Waals surface area contributed by atoms with Gasteiger partial charge in [-0.25, -0.2) is 4.98 Å². The molecule has 0 atom stereocenters. The van der Waals surface area contributed by atoms with Crippen LogP contribution in [0.15, 0.2) is 22.7 Å². The number of piperidine rings is 1. The number of hydrogen-bond donors (Lipinski definition) is 0. The minimum Gasteiger partial charge on any atom is -0.381 e. The van der Waals surface area contributed by atoms with Crippen LogP contribution in [0.3, 0.4) is 0 Å². The summed E-state index contributed by atoms with van der Waals surface area (Å²) in [5.41, 5.74) is 1.32. The van der Waals surface area contributed by atoms with Crippen LogP contribution in [0, 0.1) is 12.8 Å². The van der Waals surface area contributed by atoms with E-state index in [1.54, 1.807) is 6.07 Å². The van der Waals surface area contributed by atoms with Crippen LogP contribution in [-0.4, -0.2) is 52.2 Å². The molecule has 0 unspecified atom stereocenters. The lowest BCUT2D eigenvalue weighted by molar-refractivity contribution is 0.0639. The molecule has 160 valence electrons. The van der Waals surface area contributed by atoms with Crippen LogP contribution in [0.4, 0.5) is 0 Å². The summed E-state index contributed by atoms with van der Waals surface area (Å²) >= 11 is 0. The Balaban J connectivity index is 1.32. The van der Waals surface area contributed by atoms with Gasteiger partial charge in [-0.15, -0.1) is 0 Å². The number of carbonyl (C=O) groups is 1. The van der Waals surface area contributed by atoms with Gasteiger partial charge < -0.3 is 14.2 Å². The molecule has 2 aromatic rings. The maximum absolute atomic E-state index is 12.9. The van der Waals surface area contributed by atoms with E-state index in [2.05, 4.69) is 10.1 Å². The molecule has 7 nitrogen and oxygen atoms in total. The second kappa shape index (κ2) is 8.10. The van der Waals surface area contributed by atoms with Gasteiger partial charge in [0.05, 0.1) is 0 Å². The Morgan fingerprint density at radius 2 is 1.90 bits per heavy atom. The molecule has 7 heteroatoms. The van der Waals surface area contributed by atoms with E-state index in [1.807, 2.05) is 24.0 Å². The predicted octanol–water partition coefficient (Wildman–Crippen LogP) is 3.64. The molecular formula is C23H30N4O3. The summed E-state index contributed by atoms with van der Waals surface area (Å²) in [7, 11) is 0. The Kier molecular flexibility index (Phi) is 5.31. The maximum atomic E-state index is 12.9. The lowest BCUT2D eigenvalue weighted by Gasteiger charge is -2.40. The molecule has 3 aliphatic rings. The fourth-order valence-corrected chi connectivity index (χ4v) is 4.92. The first-order chi connectivity index (χ1) is 14.6. The molecule has 0 bridgehead atoms. The lowest BCUT2D eigenvalue weighted by Crippen LogP contribution is -2.46. The van der Waals surface area contributed by atoms with E-state index in [9.17, 15) is 4.79 Å². The van der Waals surface area contributed by atoms with Crippen LogP contribution in [-0.2, 0) is 10.2 Å². The summed E-state index contributed by atoms with van der Waals surface area (Å²) in [6.45, 7) is 4.86. The van der Waals surface area contributed by atoms with Gasteiger partial charge in [-0.3, -0.25) is 4.79 Å². The third-order valence-corrected chi connectivity index (χ3v) is 6.98. The molecule has 30 heavy (non-hydrogen) atoms. The fourth-order valence-electron chi connectivity index (χ4n) is 4.92. The van der Waals surface area contributed by atoms with Gasteiger partial charge in [0, 0.05) is 43.3 Å². The Hall–Kier alpha value is -2.28. The Labute approximate surface area is 177 Å². The molecule has 5 rings (SSSR count). The zero-order valence-electron chi connectivity index (χ0n) is 17.7. The van der Waals surface area contributed by atoms with Crippen molar-refractivity contribution in [3.05, 3.63) is 41.3 Å². The summed E-state index contributed by atoms with van der Waals surface area (Å²) in [6, 6.07) is 5.62. The van der Waals surface area contributed by atoms with E-state index in [-0.39, 0.29) is 11.3 Å². The quantitative estimate of drug-likeness (QED) is 0.749. The third kappa shape index (κ3) is 4.00. The predicted molar refractivity (Wildman–Crippen MR) is 110 cm³/mol. The average molecular weight is 411 g/mol. The molecule has 3 fully saturated rings. The topological polar surface area (TPSA) is 81.4 Å². The SMILES string of the molecule is Cc1cccc(C(=O)N2CCC(CC3CC3)(c3noc(C4CCOCC4)n3)CC2)n1. The minimum absolute atomic E-state index is 0.0229. The molecule has 0 radical (unpaired) electrons. The van der Waals surface area contributed by atoms with E-state index in [0.29, 0.717) is 24.7 Å². The largest absolute Gasteiger partial charge is 0.381 e. The number of nitrogens with zero attached hydrogens (tertiary/aromatic N) is 4. The third-order valence-electron chi connectivity index (χ3n) is 6.98. The molecule has 4 heterocycles. The first kappa shape index (κ1) is 19.7.